The molecule has 0 unspecified atom stereocenters. The topological polar surface area (TPSA) is 63.3 Å². The first kappa shape index (κ1) is 8.05. The molecule has 3 heteroatoms. The molecule has 0 saturated heterocycles. The third-order valence-corrected chi connectivity index (χ3v) is 3.53. The third kappa shape index (κ3) is 0.959. The molecule has 0 aromatic carbocycles. The molecule has 12 heavy (non-hydrogen) atoms. The highest BCUT2D eigenvalue weighted by molar-refractivity contribution is 5.73. The summed E-state index contributed by atoms with van der Waals surface area (Å²) in [6.07, 6.45) is 4.66. The lowest BCUT2D eigenvalue weighted by Gasteiger charge is -2.51. The molecule has 0 aromatic heterocycles. The summed E-state index contributed by atoms with van der Waals surface area (Å²) in [5.41, 5.74) is 5.80. The van der Waals surface area contributed by atoms with E-state index in [2.05, 4.69) is 0 Å². The van der Waals surface area contributed by atoms with Crippen molar-refractivity contribution >= 4 is 5.97 Å². The number of hydrogen-bond acceptors (Lipinski definition) is 2. The van der Waals surface area contributed by atoms with E-state index in [9.17, 15) is 4.79 Å². The molecule has 0 heterocycles. The Morgan fingerprint density at radius 2 is 1.83 bits per heavy atom. The summed E-state index contributed by atoms with van der Waals surface area (Å²) in [6.45, 7) is 0. The van der Waals surface area contributed by atoms with E-state index in [-0.39, 0.29) is 12.0 Å². The van der Waals surface area contributed by atoms with Gasteiger partial charge in [0.25, 0.3) is 0 Å². The fraction of sp³-hybridized carbons (Fsp3) is 0.889. The summed E-state index contributed by atoms with van der Waals surface area (Å²) in [5, 5.41) is 8.86. The Bertz CT molecular complexity index is 205. The number of fused-ring (bicyclic) bond motifs is 1. The monoisotopic (exact) mass is 169 g/mol. The highest BCUT2D eigenvalue weighted by Crippen LogP contribution is 2.48. The Hall–Kier alpha value is -0.570. The van der Waals surface area contributed by atoms with Crippen molar-refractivity contribution in [3.05, 3.63) is 0 Å². The van der Waals surface area contributed by atoms with Crippen LogP contribution in [-0.2, 0) is 4.79 Å². The summed E-state index contributed by atoms with van der Waals surface area (Å²) in [4.78, 5) is 10.8. The van der Waals surface area contributed by atoms with Crippen LogP contribution in [0.25, 0.3) is 0 Å². The molecule has 0 spiro atoms. The molecule has 0 radical (unpaired) electrons. The average molecular weight is 169 g/mol. The summed E-state index contributed by atoms with van der Waals surface area (Å²) in [7, 11) is 0. The van der Waals surface area contributed by atoms with Gasteiger partial charge < -0.3 is 10.8 Å². The summed E-state index contributed by atoms with van der Waals surface area (Å²) >= 11 is 0. The molecule has 2 aliphatic rings. The van der Waals surface area contributed by atoms with Crippen molar-refractivity contribution < 1.29 is 9.90 Å². The van der Waals surface area contributed by atoms with E-state index in [1.807, 2.05) is 0 Å². The second-order valence-electron chi connectivity index (χ2n) is 4.05. The van der Waals surface area contributed by atoms with Gasteiger partial charge in [0, 0.05) is 6.04 Å². The number of hydrogen-bond donors (Lipinski definition) is 2. The summed E-state index contributed by atoms with van der Waals surface area (Å²) < 4.78 is 0. The largest absolute Gasteiger partial charge is 0.481 e. The first-order chi connectivity index (χ1) is 5.72. The maximum Gasteiger partial charge on any atom is 0.308 e. The molecular formula is C9H15NO2. The third-order valence-electron chi connectivity index (χ3n) is 3.53. The van der Waals surface area contributed by atoms with E-state index in [4.69, 9.17) is 10.8 Å². The summed E-state index contributed by atoms with van der Waals surface area (Å²) in [6, 6.07) is -0.0622. The Kier molecular flexibility index (Phi) is 1.83. The maximum atomic E-state index is 10.8. The van der Waals surface area contributed by atoms with Gasteiger partial charge in [0.2, 0.25) is 0 Å². The van der Waals surface area contributed by atoms with Gasteiger partial charge in [-0.25, -0.2) is 0 Å². The second-order valence-corrected chi connectivity index (χ2v) is 4.05. The zero-order valence-electron chi connectivity index (χ0n) is 7.07. The minimum absolute atomic E-state index is 0.0622. The molecule has 3 N–H and O–H groups in total. The van der Waals surface area contributed by atoms with Crippen LogP contribution in [0.15, 0.2) is 0 Å². The smallest absolute Gasteiger partial charge is 0.308 e. The van der Waals surface area contributed by atoms with Crippen LogP contribution in [0.2, 0.25) is 0 Å². The van der Waals surface area contributed by atoms with Gasteiger partial charge in [-0.2, -0.15) is 0 Å². The Morgan fingerprint density at radius 3 is 2.42 bits per heavy atom. The molecule has 2 fully saturated rings. The van der Waals surface area contributed by atoms with Gasteiger partial charge in [-0.15, -0.1) is 0 Å². The molecule has 0 aromatic rings. The molecule has 3 nitrogen and oxygen atoms in total. The van der Waals surface area contributed by atoms with Crippen LogP contribution in [0.1, 0.15) is 25.7 Å². The normalized spacial score (nSPS) is 46.1. The lowest BCUT2D eigenvalue weighted by molar-refractivity contribution is -0.155. The van der Waals surface area contributed by atoms with Crippen LogP contribution in [0.4, 0.5) is 0 Å². The fourth-order valence-corrected chi connectivity index (χ4v) is 2.87. The van der Waals surface area contributed by atoms with E-state index in [1.54, 1.807) is 0 Å². The van der Waals surface area contributed by atoms with Crippen LogP contribution >= 0.6 is 0 Å². The number of aliphatic carboxylic acids is 1. The quantitative estimate of drug-likeness (QED) is 0.611. The minimum Gasteiger partial charge on any atom is -0.481 e. The van der Waals surface area contributed by atoms with Gasteiger partial charge in [-0.05, 0) is 24.7 Å². The second kappa shape index (κ2) is 2.73. The number of nitrogens with two attached hydrogens (primary N) is 1. The van der Waals surface area contributed by atoms with E-state index in [1.165, 1.54) is 12.8 Å². The van der Waals surface area contributed by atoms with Gasteiger partial charge in [-0.3, -0.25) is 4.79 Å². The first-order valence-electron chi connectivity index (χ1n) is 4.70. The fourth-order valence-electron chi connectivity index (χ4n) is 2.87. The van der Waals surface area contributed by atoms with Crippen LogP contribution in [0.5, 0.6) is 0 Å². The van der Waals surface area contributed by atoms with Crippen LogP contribution < -0.4 is 5.73 Å². The van der Waals surface area contributed by atoms with E-state index >= 15 is 0 Å². The number of rotatable bonds is 1. The van der Waals surface area contributed by atoms with Gasteiger partial charge in [0.15, 0.2) is 0 Å². The molecule has 2 aliphatic carbocycles. The zero-order chi connectivity index (χ0) is 8.72. The average Bonchev–Trinajstić information content (AvgIpc) is 2.03. The van der Waals surface area contributed by atoms with Gasteiger partial charge in [0.1, 0.15) is 0 Å². The Balaban J connectivity index is 2.05. The van der Waals surface area contributed by atoms with E-state index in [0.717, 1.165) is 12.8 Å². The van der Waals surface area contributed by atoms with Crippen molar-refractivity contribution in [1.82, 2.24) is 0 Å². The van der Waals surface area contributed by atoms with E-state index in [0.29, 0.717) is 11.8 Å². The minimum atomic E-state index is -0.689. The maximum absolute atomic E-state index is 10.8. The van der Waals surface area contributed by atoms with E-state index < -0.39 is 5.97 Å². The van der Waals surface area contributed by atoms with Crippen LogP contribution in [0, 0.1) is 17.8 Å². The molecular weight excluding hydrogens is 154 g/mol. The highest BCUT2D eigenvalue weighted by Gasteiger charge is 2.52. The first-order valence-corrected chi connectivity index (χ1v) is 4.70. The number of carbonyl (C=O) groups is 1. The predicted octanol–water partition coefficient (Wildman–Crippen LogP) is 0.834. The van der Waals surface area contributed by atoms with Crippen molar-refractivity contribution in [2.24, 2.45) is 23.5 Å². The SMILES string of the molecule is N[C@H]1[C@@H]2CCCC[C@@H]2[C@@H]1C(=O)O. The molecule has 68 valence electrons. The van der Waals surface area contributed by atoms with Crippen molar-refractivity contribution in [3.8, 4) is 0 Å². The van der Waals surface area contributed by atoms with Gasteiger partial charge in [-0.1, -0.05) is 12.8 Å². The van der Waals surface area contributed by atoms with Crippen LogP contribution in [0.3, 0.4) is 0 Å². The molecule has 2 rings (SSSR count). The lowest BCUT2D eigenvalue weighted by Crippen LogP contribution is -2.60. The zero-order valence-corrected chi connectivity index (χ0v) is 7.07. The summed E-state index contributed by atoms with van der Waals surface area (Å²) in [5.74, 6) is -0.0213. The number of carboxylic acids is 1. The lowest BCUT2D eigenvalue weighted by atomic mass is 9.55. The molecule has 4 atom stereocenters. The molecule has 0 amide bonds. The Morgan fingerprint density at radius 1 is 1.25 bits per heavy atom. The molecule has 0 bridgehead atoms. The molecule has 2 saturated carbocycles. The standard InChI is InChI=1S/C9H15NO2/c10-8-6-4-2-1-3-5(6)7(8)9(11)12/h5-8H,1-4,10H2,(H,11,12)/t5-,6+,7-,8-/m0/s1. The van der Waals surface area contributed by atoms with Crippen molar-refractivity contribution in [2.75, 3.05) is 0 Å². The van der Waals surface area contributed by atoms with Crippen molar-refractivity contribution in [3.63, 3.8) is 0 Å². The van der Waals surface area contributed by atoms with Crippen molar-refractivity contribution in [1.29, 1.82) is 0 Å². The van der Waals surface area contributed by atoms with Gasteiger partial charge in [0.05, 0.1) is 5.92 Å². The molecule has 0 aliphatic heterocycles. The van der Waals surface area contributed by atoms with Crippen molar-refractivity contribution in [2.45, 2.75) is 31.7 Å². The van der Waals surface area contributed by atoms with Gasteiger partial charge >= 0.3 is 5.97 Å². The Labute approximate surface area is 71.9 Å². The van der Waals surface area contributed by atoms with Crippen LogP contribution in [-0.4, -0.2) is 17.1 Å². The number of carboxylic acid groups (broad SMARTS) is 1. The highest BCUT2D eigenvalue weighted by atomic mass is 16.4. The predicted molar refractivity (Wildman–Crippen MR) is 44.5 cm³/mol.